The Hall–Kier alpha value is -2.73. The van der Waals surface area contributed by atoms with E-state index in [9.17, 15) is 4.79 Å². The lowest BCUT2D eigenvalue weighted by molar-refractivity contribution is 0.174. The molecule has 6 nitrogen and oxygen atoms in total. The molecule has 0 saturated heterocycles. The molecular weight excluding hydrogens is 270 g/mol. The van der Waals surface area contributed by atoms with Crippen LogP contribution >= 0.6 is 0 Å². The number of ether oxygens (including phenoxy) is 2. The second kappa shape index (κ2) is 4.39. The van der Waals surface area contributed by atoms with Crippen LogP contribution in [0.1, 0.15) is 17.2 Å². The van der Waals surface area contributed by atoms with E-state index in [1.54, 1.807) is 0 Å². The highest BCUT2D eigenvalue weighted by atomic mass is 16.7. The van der Waals surface area contributed by atoms with Crippen LogP contribution in [0.5, 0.6) is 11.5 Å². The zero-order valence-electron chi connectivity index (χ0n) is 11.1. The summed E-state index contributed by atoms with van der Waals surface area (Å²) in [6, 6.07) is 11.0. The molecule has 0 bridgehead atoms. The molecule has 3 aromatic rings. The number of hydrogen-bond donors (Lipinski definition) is 3. The predicted octanol–water partition coefficient (Wildman–Crippen LogP) is 1.63. The Morgan fingerprint density at radius 2 is 1.67 bits per heavy atom. The van der Waals surface area contributed by atoms with E-state index in [2.05, 4.69) is 9.97 Å². The summed E-state index contributed by atoms with van der Waals surface area (Å²) >= 11 is 0. The van der Waals surface area contributed by atoms with Gasteiger partial charge in [0.25, 0.3) is 0 Å². The van der Waals surface area contributed by atoms with Crippen LogP contribution in [0, 0.1) is 0 Å². The average Bonchev–Trinajstić information content (AvgIpc) is 3.09. The number of fused-ring (bicyclic) bond motifs is 2. The first-order valence-electron chi connectivity index (χ1n) is 6.58. The van der Waals surface area contributed by atoms with Crippen LogP contribution in [-0.4, -0.2) is 16.8 Å². The number of rotatable bonds is 2. The molecule has 4 rings (SSSR count). The zero-order chi connectivity index (χ0) is 14.4. The Balaban J connectivity index is 1.75. The van der Waals surface area contributed by atoms with Gasteiger partial charge in [-0.2, -0.15) is 0 Å². The Labute approximate surface area is 119 Å². The number of aromatic amines is 2. The summed E-state index contributed by atoms with van der Waals surface area (Å²) in [5, 5.41) is 0. The molecule has 1 aliphatic rings. The number of benzene rings is 2. The second-order valence-corrected chi connectivity index (χ2v) is 4.97. The topological polar surface area (TPSA) is 93.1 Å². The van der Waals surface area contributed by atoms with Gasteiger partial charge in [0.15, 0.2) is 11.5 Å². The quantitative estimate of drug-likeness (QED) is 0.666. The van der Waals surface area contributed by atoms with Crippen LogP contribution in [0.15, 0.2) is 41.2 Å². The van der Waals surface area contributed by atoms with E-state index in [1.807, 2.05) is 36.4 Å². The van der Waals surface area contributed by atoms with Gasteiger partial charge in [0, 0.05) is 0 Å². The third kappa shape index (κ3) is 1.96. The van der Waals surface area contributed by atoms with Crippen molar-refractivity contribution in [1.29, 1.82) is 0 Å². The lowest BCUT2D eigenvalue weighted by Crippen LogP contribution is -2.11. The first-order valence-corrected chi connectivity index (χ1v) is 6.58. The highest BCUT2D eigenvalue weighted by Crippen LogP contribution is 2.35. The largest absolute Gasteiger partial charge is 0.454 e. The number of nitrogens with two attached hydrogens (primary N) is 1. The fraction of sp³-hybridized carbons (Fsp3) is 0.133. The highest BCUT2D eigenvalue weighted by molar-refractivity contribution is 5.75. The van der Waals surface area contributed by atoms with Crippen molar-refractivity contribution in [3.63, 3.8) is 0 Å². The van der Waals surface area contributed by atoms with Gasteiger partial charge in [0.1, 0.15) is 0 Å². The van der Waals surface area contributed by atoms with E-state index in [4.69, 9.17) is 15.2 Å². The highest BCUT2D eigenvalue weighted by Gasteiger charge is 2.17. The first-order chi connectivity index (χ1) is 10.2. The molecule has 4 N–H and O–H groups in total. The van der Waals surface area contributed by atoms with Gasteiger partial charge in [-0.05, 0) is 35.4 Å². The number of nitrogens with one attached hydrogen (secondary N) is 2. The normalized spacial score (nSPS) is 14.5. The van der Waals surface area contributed by atoms with Crippen LogP contribution in [-0.2, 0) is 0 Å². The smallest absolute Gasteiger partial charge is 0.323 e. The van der Waals surface area contributed by atoms with Crippen molar-refractivity contribution in [2.45, 2.75) is 6.04 Å². The SMILES string of the molecule is NC(c1ccc2c(c1)OCO2)c1ccc2[nH]c(=O)[nH]c2c1. The van der Waals surface area contributed by atoms with Crippen molar-refractivity contribution in [3.8, 4) is 11.5 Å². The zero-order valence-corrected chi connectivity index (χ0v) is 11.1. The number of hydrogen-bond acceptors (Lipinski definition) is 4. The van der Waals surface area contributed by atoms with Gasteiger partial charge in [-0.1, -0.05) is 12.1 Å². The van der Waals surface area contributed by atoms with Crippen LogP contribution in [0.2, 0.25) is 0 Å². The van der Waals surface area contributed by atoms with Gasteiger partial charge >= 0.3 is 5.69 Å². The van der Waals surface area contributed by atoms with E-state index in [1.165, 1.54) is 0 Å². The molecule has 0 radical (unpaired) electrons. The monoisotopic (exact) mass is 283 g/mol. The minimum Gasteiger partial charge on any atom is -0.454 e. The van der Waals surface area contributed by atoms with E-state index in [0.717, 1.165) is 27.9 Å². The summed E-state index contributed by atoms with van der Waals surface area (Å²) in [4.78, 5) is 16.7. The van der Waals surface area contributed by atoms with Crippen LogP contribution in [0.4, 0.5) is 0 Å². The van der Waals surface area contributed by atoms with Gasteiger partial charge in [0.2, 0.25) is 6.79 Å². The maximum Gasteiger partial charge on any atom is 0.323 e. The van der Waals surface area contributed by atoms with Crippen LogP contribution in [0.3, 0.4) is 0 Å². The molecule has 2 aromatic carbocycles. The molecule has 0 spiro atoms. The molecule has 0 amide bonds. The second-order valence-electron chi connectivity index (χ2n) is 4.97. The van der Waals surface area contributed by atoms with Gasteiger partial charge in [0.05, 0.1) is 17.1 Å². The lowest BCUT2D eigenvalue weighted by atomic mass is 9.99. The molecule has 0 saturated carbocycles. The maximum absolute atomic E-state index is 11.3. The summed E-state index contributed by atoms with van der Waals surface area (Å²) in [5.41, 5.74) is 9.44. The molecule has 2 heterocycles. The van der Waals surface area contributed by atoms with Gasteiger partial charge in [-0.15, -0.1) is 0 Å². The maximum atomic E-state index is 11.3. The van der Waals surface area contributed by atoms with Crippen molar-refractivity contribution >= 4 is 11.0 Å². The summed E-state index contributed by atoms with van der Waals surface area (Å²) in [5.74, 6) is 1.44. The standard InChI is InChI=1S/C15H13N3O3/c16-14(9-2-4-12-13(6-9)21-7-20-12)8-1-3-10-11(5-8)18-15(19)17-10/h1-6,14H,7,16H2,(H2,17,18,19). The van der Waals surface area contributed by atoms with E-state index in [0.29, 0.717) is 5.75 Å². The van der Waals surface area contributed by atoms with Gasteiger partial charge in [-0.25, -0.2) is 4.79 Å². The summed E-state index contributed by atoms with van der Waals surface area (Å²) in [7, 11) is 0. The molecule has 1 aromatic heterocycles. The molecule has 0 aliphatic carbocycles. The minimum atomic E-state index is -0.303. The lowest BCUT2D eigenvalue weighted by Gasteiger charge is -2.13. The Bertz CT molecular complexity index is 881. The van der Waals surface area contributed by atoms with Crippen molar-refractivity contribution in [1.82, 2.24) is 9.97 Å². The summed E-state index contributed by atoms with van der Waals surface area (Å²) < 4.78 is 10.7. The molecule has 106 valence electrons. The molecular formula is C15H13N3O3. The predicted molar refractivity (Wildman–Crippen MR) is 77.5 cm³/mol. The fourth-order valence-electron chi connectivity index (χ4n) is 2.54. The van der Waals surface area contributed by atoms with Crippen molar-refractivity contribution in [2.24, 2.45) is 5.73 Å². The third-order valence-corrected chi connectivity index (χ3v) is 3.65. The molecule has 1 unspecified atom stereocenters. The molecule has 21 heavy (non-hydrogen) atoms. The number of aromatic nitrogens is 2. The number of imidazole rings is 1. The van der Waals surface area contributed by atoms with Gasteiger partial charge in [-0.3, -0.25) is 0 Å². The average molecular weight is 283 g/mol. The van der Waals surface area contributed by atoms with Crippen LogP contribution in [0.25, 0.3) is 11.0 Å². The third-order valence-electron chi connectivity index (χ3n) is 3.65. The molecule has 6 heteroatoms. The number of H-pyrrole nitrogens is 2. The first kappa shape index (κ1) is 12.0. The van der Waals surface area contributed by atoms with E-state index in [-0.39, 0.29) is 18.5 Å². The molecule has 0 fully saturated rings. The Morgan fingerprint density at radius 1 is 0.952 bits per heavy atom. The molecule has 1 atom stereocenters. The minimum absolute atomic E-state index is 0.223. The van der Waals surface area contributed by atoms with Crippen molar-refractivity contribution in [3.05, 3.63) is 58.0 Å². The molecule has 1 aliphatic heterocycles. The van der Waals surface area contributed by atoms with Crippen molar-refractivity contribution in [2.75, 3.05) is 6.79 Å². The summed E-state index contributed by atoms with van der Waals surface area (Å²) in [6.45, 7) is 0.241. The Kier molecular flexibility index (Phi) is 2.52. The fourth-order valence-corrected chi connectivity index (χ4v) is 2.54. The summed E-state index contributed by atoms with van der Waals surface area (Å²) in [6.07, 6.45) is 0. The Morgan fingerprint density at radius 3 is 2.57 bits per heavy atom. The van der Waals surface area contributed by atoms with Gasteiger partial charge < -0.3 is 25.2 Å². The van der Waals surface area contributed by atoms with E-state index < -0.39 is 0 Å². The van der Waals surface area contributed by atoms with E-state index >= 15 is 0 Å². The van der Waals surface area contributed by atoms with Crippen LogP contribution < -0.4 is 20.9 Å². The van der Waals surface area contributed by atoms with Crippen molar-refractivity contribution < 1.29 is 9.47 Å².